The normalized spacial score (nSPS) is 15.2. The van der Waals surface area contributed by atoms with Gasteiger partial charge in [0.15, 0.2) is 5.76 Å². The Balaban J connectivity index is 1.10. The van der Waals surface area contributed by atoms with Gasteiger partial charge in [-0.2, -0.15) is 0 Å². The number of amides is 1. The number of pyridine rings is 1. The van der Waals surface area contributed by atoms with Crippen LogP contribution in [0.1, 0.15) is 29.0 Å². The van der Waals surface area contributed by atoms with Crippen LogP contribution in [0.5, 0.6) is 0 Å². The molecule has 7 heteroatoms. The third kappa shape index (κ3) is 4.14. The summed E-state index contributed by atoms with van der Waals surface area (Å²) in [5.74, 6) is -0.325. The highest BCUT2D eigenvalue weighted by Crippen LogP contribution is 2.26. The van der Waals surface area contributed by atoms with Crippen LogP contribution >= 0.6 is 0 Å². The van der Waals surface area contributed by atoms with Crippen molar-refractivity contribution >= 4 is 33.5 Å². The highest BCUT2D eigenvalue weighted by Gasteiger charge is 2.18. The van der Waals surface area contributed by atoms with Crippen LogP contribution in [0.4, 0.5) is 5.69 Å². The van der Waals surface area contributed by atoms with Gasteiger partial charge in [0.2, 0.25) is 0 Å². The summed E-state index contributed by atoms with van der Waals surface area (Å²) in [5, 5.41) is 2.16. The molecule has 3 N–H and O–H groups in total. The van der Waals surface area contributed by atoms with E-state index in [0.29, 0.717) is 5.58 Å². The maximum atomic E-state index is 11.3. The van der Waals surface area contributed by atoms with Gasteiger partial charge in [-0.1, -0.05) is 0 Å². The first kappa shape index (κ1) is 19.6. The molecule has 0 atom stereocenters. The molecule has 5 rings (SSSR count). The molecule has 31 heavy (non-hydrogen) atoms. The first-order valence-electron chi connectivity index (χ1n) is 10.9. The number of aromatic amines is 1. The first-order valence-corrected chi connectivity index (χ1v) is 10.9. The fourth-order valence-corrected chi connectivity index (χ4v) is 4.46. The van der Waals surface area contributed by atoms with Gasteiger partial charge in [-0.3, -0.25) is 14.7 Å². The lowest BCUT2D eigenvalue weighted by Gasteiger charge is -2.36. The molecule has 1 aromatic carbocycles. The molecule has 1 fully saturated rings. The number of benzene rings is 1. The number of piperazine rings is 1. The van der Waals surface area contributed by atoms with E-state index in [9.17, 15) is 4.79 Å². The van der Waals surface area contributed by atoms with E-state index in [1.165, 1.54) is 29.3 Å². The largest absolute Gasteiger partial charge is 0.451 e. The number of hydrogen-bond donors (Lipinski definition) is 2. The average molecular weight is 418 g/mol. The minimum atomic E-state index is -0.535. The lowest BCUT2D eigenvalue weighted by atomic mass is 10.1. The predicted octanol–water partition coefficient (Wildman–Crippen LogP) is 3.55. The maximum absolute atomic E-state index is 11.3. The minimum absolute atomic E-state index is 0.209. The zero-order valence-electron chi connectivity index (χ0n) is 17.5. The summed E-state index contributed by atoms with van der Waals surface area (Å²) in [6.45, 7) is 5.26. The van der Waals surface area contributed by atoms with E-state index >= 15 is 0 Å². The lowest BCUT2D eigenvalue weighted by molar-refractivity contribution is 0.0976. The smallest absolute Gasteiger partial charge is 0.284 e. The number of hydrogen-bond acceptors (Lipinski definition) is 5. The number of unbranched alkanes of at least 4 members (excludes halogenated alkanes) is 1. The molecule has 1 amide bonds. The summed E-state index contributed by atoms with van der Waals surface area (Å²) in [5.41, 5.74) is 9.71. The summed E-state index contributed by atoms with van der Waals surface area (Å²) in [7, 11) is 0. The van der Waals surface area contributed by atoms with Crippen molar-refractivity contribution in [1.82, 2.24) is 14.9 Å². The predicted molar refractivity (Wildman–Crippen MR) is 122 cm³/mol. The molecule has 0 bridgehead atoms. The number of nitrogens with zero attached hydrogens (tertiary/aromatic N) is 3. The van der Waals surface area contributed by atoms with Crippen LogP contribution in [0, 0.1) is 0 Å². The van der Waals surface area contributed by atoms with E-state index < -0.39 is 5.91 Å². The zero-order chi connectivity index (χ0) is 21.2. The number of anilines is 1. The van der Waals surface area contributed by atoms with Crippen LogP contribution in [0.15, 0.2) is 53.3 Å². The number of primary amides is 1. The Labute approximate surface area is 180 Å². The number of rotatable bonds is 7. The molecule has 0 aliphatic carbocycles. The molecule has 0 saturated carbocycles. The summed E-state index contributed by atoms with van der Waals surface area (Å²) in [6.07, 6.45) is 9.37. The second-order valence-electron chi connectivity index (χ2n) is 8.22. The third-order valence-corrected chi connectivity index (χ3v) is 6.22. The number of aryl methyl sites for hydroxylation is 1. The van der Waals surface area contributed by atoms with Crippen LogP contribution in [0.2, 0.25) is 0 Å². The standard InChI is InChI=1S/C24H27N5O2/c25-24(30)23-14-18-13-19(4-5-22(18)31-23)29-11-9-28(10-12-29)8-2-1-3-17-15-27-21-6-7-26-16-20(17)21/h4-7,13-16,27H,1-3,8-12H2,(H2,25,30). The molecule has 4 heterocycles. The van der Waals surface area contributed by atoms with Crippen LogP contribution in [-0.4, -0.2) is 53.5 Å². The van der Waals surface area contributed by atoms with Gasteiger partial charge in [0.25, 0.3) is 5.91 Å². The number of aromatic nitrogens is 2. The first-order chi connectivity index (χ1) is 15.2. The molecule has 0 radical (unpaired) electrons. The Morgan fingerprint density at radius 2 is 2.00 bits per heavy atom. The zero-order valence-corrected chi connectivity index (χ0v) is 17.5. The van der Waals surface area contributed by atoms with Gasteiger partial charge in [0.05, 0.1) is 0 Å². The monoisotopic (exact) mass is 417 g/mol. The number of fused-ring (bicyclic) bond motifs is 2. The van der Waals surface area contributed by atoms with Crippen molar-refractivity contribution in [3.05, 3.63) is 60.2 Å². The number of nitrogens with one attached hydrogen (secondary N) is 1. The lowest BCUT2D eigenvalue weighted by Crippen LogP contribution is -2.46. The van der Waals surface area contributed by atoms with Crippen LogP contribution in [0.3, 0.4) is 0 Å². The van der Waals surface area contributed by atoms with Crippen molar-refractivity contribution in [3.8, 4) is 0 Å². The van der Waals surface area contributed by atoms with E-state index in [4.69, 9.17) is 10.2 Å². The van der Waals surface area contributed by atoms with E-state index in [2.05, 4.69) is 38.1 Å². The summed E-state index contributed by atoms with van der Waals surface area (Å²) in [4.78, 5) is 23.9. The minimum Gasteiger partial charge on any atom is -0.451 e. The van der Waals surface area contributed by atoms with Crippen molar-refractivity contribution in [1.29, 1.82) is 0 Å². The fourth-order valence-electron chi connectivity index (χ4n) is 4.46. The van der Waals surface area contributed by atoms with Crippen LogP contribution < -0.4 is 10.6 Å². The maximum Gasteiger partial charge on any atom is 0.284 e. The SMILES string of the molecule is NC(=O)c1cc2cc(N3CCN(CCCCc4c[nH]c5ccncc45)CC3)ccc2o1. The topological polar surface area (TPSA) is 91.4 Å². The highest BCUT2D eigenvalue weighted by atomic mass is 16.3. The summed E-state index contributed by atoms with van der Waals surface area (Å²) < 4.78 is 5.49. The Hall–Kier alpha value is -3.32. The second kappa shape index (κ2) is 8.43. The van der Waals surface area contributed by atoms with Gasteiger partial charge in [0, 0.05) is 66.7 Å². The molecular formula is C24H27N5O2. The molecule has 0 spiro atoms. The van der Waals surface area contributed by atoms with Crippen LogP contribution in [-0.2, 0) is 6.42 Å². The van der Waals surface area contributed by atoms with Crippen molar-refractivity contribution in [2.75, 3.05) is 37.6 Å². The number of H-pyrrole nitrogens is 1. The summed E-state index contributed by atoms with van der Waals surface area (Å²) in [6, 6.07) is 9.81. The van der Waals surface area contributed by atoms with E-state index in [-0.39, 0.29) is 5.76 Å². The van der Waals surface area contributed by atoms with Crippen molar-refractivity contribution in [3.63, 3.8) is 0 Å². The van der Waals surface area contributed by atoms with E-state index in [0.717, 1.165) is 50.2 Å². The molecule has 7 nitrogen and oxygen atoms in total. The number of furan rings is 1. The Bertz CT molecular complexity index is 1200. The van der Waals surface area contributed by atoms with Gasteiger partial charge >= 0.3 is 0 Å². The Morgan fingerprint density at radius 1 is 1.13 bits per heavy atom. The van der Waals surface area contributed by atoms with Gasteiger partial charge < -0.3 is 20.0 Å². The third-order valence-electron chi connectivity index (χ3n) is 6.22. The number of carbonyl (C=O) groups excluding carboxylic acids is 1. The average Bonchev–Trinajstić information content (AvgIpc) is 3.41. The molecular weight excluding hydrogens is 390 g/mol. The van der Waals surface area contributed by atoms with Gasteiger partial charge in [0.1, 0.15) is 5.58 Å². The van der Waals surface area contributed by atoms with Gasteiger partial charge in [-0.15, -0.1) is 0 Å². The number of nitrogens with two attached hydrogens (primary N) is 1. The van der Waals surface area contributed by atoms with Crippen LogP contribution in [0.25, 0.3) is 21.9 Å². The molecule has 1 saturated heterocycles. The second-order valence-corrected chi connectivity index (χ2v) is 8.22. The molecule has 1 aliphatic rings. The molecule has 0 unspecified atom stereocenters. The molecule has 4 aromatic rings. The fraction of sp³-hybridized carbons (Fsp3) is 0.333. The number of carbonyl (C=O) groups is 1. The van der Waals surface area contributed by atoms with E-state index in [1.807, 2.05) is 24.5 Å². The molecule has 1 aliphatic heterocycles. The molecule has 160 valence electrons. The molecule has 3 aromatic heterocycles. The van der Waals surface area contributed by atoms with E-state index in [1.54, 1.807) is 6.07 Å². The quantitative estimate of drug-likeness (QED) is 0.449. The van der Waals surface area contributed by atoms with Crippen molar-refractivity contribution in [2.24, 2.45) is 5.73 Å². The summed E-state index contributed by atoms with van der Waals surface area (Å²) >= 11 is 0. The van der Waals surface area contributed by atoms with Gasteiger partial charge in [-0.05, 0) is 61.7 Å². The highest BCUT2D eigenvalue weighted by molar-refractivity contribution is 5.95. The van der Waals surface area contributed by atoms with Gasteiger partial charge in [-0.25, -0.2) is 0 Å². The van der Waals surface area contributed by atoms with Crippen molar-refractivity contribution in [2.45, 2.75) is 19.3 Å². The van der Waals surface area contributed by atoms with Crippen molar-refractivity contribution < 1.29 is 9.21 Å². The Kier molecular flexibility index (Phi) is 5.34. The Morgan fingerprint density at radius 3 is 2.84 bits per heavy atom.